The number of hydrogen-bond donors (Lipinski definition) is 1. The summed E-state index contributed by atoms with van der Waals surface area (Å²) in [7, 11) is 1.31. The number of anilines is 1. The molecule has 4 nitrogen and oxygen atoms in total. The Kier molecular flexibility index (Phi) is 6.13. The lowest BCUT2D eigenvalue weighted by atomic mass is 10.1. The third kappa shape index (κ3) is 4.53. The van der Waals surface area contributed by atoms with Gasteiger partial charge in [-0.15, -0.1) is 0 Å². The van der Waals surface area contributed by atoms with E-state index in [1.54, 1.807) is 6.07 Å². The highest BCUT2D eigenvalue weighted by Gasteiger charge is 2.16. The number of rotatable bonds is 6. The molecule has 2 aromatic rings. The van der Waals surface area contributed by atoms with Crippen molar-refractivity contribution in [3.05, 3.63) is 57.6 Å². The van der Waals surface area contributed by atoms with Gasteiger partial charge in [-0.05, 0) is 30.7 Å². The molecule has 0 radical (unpaired) electrons. The number of carbonyl (C=O) groups is 1. The predicted octanol–water partition coefficient (Wildman–Crippen LogP) is 4.58. The molecule has 0 saturated carbocycles. The molecule has 2 aromatic carbocycles. The number of halogens is 2. The van der Waals surface area contributed by atoms with Gasteiger partial charge in [0.25, 0.3) is 0 Å². The summed E-state index contributed by atoms with van der Waals surface area (Å²) < 4.78 is 10.5. The van der Waals surface area contributed by atoms with Crippen LogP contribution >= 0.6 is 23.2 Å². The van der Waals surface area contributed by atoms with Gasteiger partial charge < -0.3 is 14.8 Å². The van der Waals surface area contributed by atoms with Crippen molar-refractivity contribution in [1.82, 2.24) is 0 Å². The Labute approximate surface area is 145 Å². The second-order valence-corrected chi connectivity index (χ2v) is 5.69. The number of esters is 1. The number of ether oxygens (including phenoxy) is 2. The Hall–Kier alpha value is -1.91. The largest absolute Gasteiger partial charge is 0.491 e. The van der Waals surface area contributed by atoms with Crippen molar-refractivity contribution in [1.29, 1.82) is 0 Å². The van der Waals surface area contributed by atoms with Crippen LogP contribution < -0.4 is 10.1 Å². The maximum absolute atomic E-state index is 11.8. The van der Waals surface area contributed by atoms with Crippen molar-refractivity contribution in [3.8, 4) is 5.75 Å². The quantitative estimate of drug-likeness (QED) is 0.609. The first-order chi connectivity index (χ1) is 11.0. The van der Waals surface area contributed by atoms with Crippen LogP contribution in [0.4, 0.5) is 5.69 Å². The zero-order valence-corrected chi connectivity index (χ0v) is 14.4. The number of para-hydroxylation sites is 1. The smallest absolute Gasteiger partial charge is 0.340 e. The lowest BCUT2D eigenvalue weighted by Gasteiger charge is -2.14. The molecule has 0 spiro atoms. The topological polar surface area (TPSA) is 47.6 Å². The number of benzene rings is 2. The number of nitrogens with one attached hydrogen (secondary N) is 1. The third-order valence-corrected chi connectivity index (χ3v) is 3.73. The van der Waals surface area contributed by atoms with Crippen LogP contribution in [0, 0.1) is 6.92 Å². The van der Waals surface area contributed by atoms with E-state index in [0.717, 1.165) is 11.3 Å². The molecule has 1 N–H and O–H groups in total. The van der Waals surface area contributed by atoms with Crippen molar-refractivity contribution in [2.45, 2.75) is 6.92 Å². The van der Waals surface area contributed by atoms with Gasteiger partial charge in [0.15, 0.2) is 0 Å². The van der Waals surface area contributed by atoms with Gasteiger partial charge in [-0.1, -0.05) is 41.4 Å². The second-order valence-electron chi connectivity index (χ2n) is 4.84. The van der Waals surface area contributed by atoms with Gasteiger partial charge in [0.05, 0.1) is 23.4 Å². The molecule has 0 aliphatic heterocycles. The van der Waals surface area contributed by atoms with Crippen LogP contribution in [0.1, 0.15) is 15.9 Å². The molecule has 0 aromatic heterocycles. The fraction of sp³-hybridized carbons (Fsp3) is 0.235. The monoisotopic (exact) mass is 353 g/mol. The predicted molar refractivity (Wildman–Crippen MR) is 93.0 cm³/mol. The molecule has 0 aliphatic carbocycles. The fourth-order valence-electron chi connectivity index (χ4n) is 2.08. The Balaban J connectivity index is 2.03. The first-order valence-corrected chi connectivity index (χ1v) is 7.78. The molecule has 122 valence electrons. The molecule has 0 atom stereocenters. The second kappa shape index (κ2) is 8.09. The van der Waals surface area contributed by atoms with Crippen molar-refractivity contribution in [2.75, 3.05) is 25.6 Å². The van der Waals surface area contributed by atoms with Crippen LogP contribution in [-0.2, 0) is 4.74 Å². The molecule has 0 fully saturated rings. The Bertz CT molecular complexity index is 704. The van der Waals surface area contributed by atoms with Gasteiger partial charge in [0.2, 0.25) is 0 Å². The molecule has 0 unspecified atom stereocenters. The third-order valence-electron chi connectivity index (χ3n) is 3.22. The van der Waals surface area contributed by atoms with Crippen LogP contribution in [0.5, 0.6) is 5.75 Å². The first kappa shape index (κ1) is 17.4. The van der Waals surface area contributed by atoms with Gasteiger partial charge in [0.1, 0.15) is 12.4 Å². The van der Waals surface area contributed by atoms with E-state index < -0.39 is 5.97 Å². The van der Waals surface area contributed by atoms with Gasteiger partial charge in [-0.25, -0.2) is 4.79 Å². The zero-order valence-electron chi connectivity index (χ0n) is 12.9. The van der Waals surface area contributed by atoms with Gasteiger partial charge in [-0.2, -0.15) is 0 Å². The molecule has 0 heterocycles. The highest BCUT2D eigenvalue weighted by molar-refractivity contribution is 6.37. The minimum Gasteiger partial charge on any atom is -0.491 e. The summed E-state index contributed by atoms with van der Waals surface area (Å²) in [4.78, 5) is 11.8. The maximum Gasteiger partial charge on any atom is 0.340 e. The van der Waals surface area contributed by atoms with Gasteiger partial charge in [-0.3, -0.25) is 0 Å². The van der Waals surface area contributed by atoms with Crippen LogP contribution in [0.25, 0.3) is 0 Å². The summed E-state index contributed by atoms with van der Waals surface area (Å²) in [5.74, 6) is 0.321. The molecule has 6 heteroatoms. The summed E-state index contributed by atoms with van der Waals surface area (Å²) in [6.07, 6.45) is 0. The number of hydrogen-bond acceptors (Lipinski definition) is 4. The highest BCUT2D eigenvalue weighted by atomic mass is 35.5. The molecule has 0 bridgehead atoms. The normalized spacial score (nSPS) is 10.3. The van der Waals surface area contributed by atoms with E-state index in [2.05, 4.69) is 5.32 Å². The van der Waals surface area contributed by atoms with Crippen LogP contribution in [0.15, 0.2) is 36.4 Å². The van der Waals surface area contributed by atoms with E-state index in [-0.39, 0.29) is 0 Å². The Morgan fingerprint density at radius 1 is 1.22 bits per heavy atom. The van der Waals surface area contributed by atoms with Crippen molar-refractivity contribution in [3.63, 3.8) is 0 Å². The van der Waals surface area contributed by atoms with Crippen molar-refractivity contribution < 1.29 is 14.3 Å². The maximum atomic E-state index is 11.8. The lowest BCUT2D eigenvalue weighted by Crippen LogP contribution is -2.15. The molecule has 0 saturated heterocycles. The lowest BCUT2D eigenvalue weighted by molar-refractivity contribution is 0.0602. The summed E-state index contributed by atoms with van der Waals surface area (Å²) in [6, 6.07) is 10.8. The molecule has 0 amide bonds. The Morgan fingerprint density at radius 2 is 1.96 bits per heavy atom. The minimum atomic E-state index is -0.503. The van der Waals surface area contributed by atoms with E-state index >= 15 is 0 Å². The van der Waals surface area contributed by atoms with E-state index in [1.165, 1.54) is 13.2 Å². The van der Waals surface area contributed by atoms with Crippen LogP contribution in [0.2, 0.25) is 10.0 Å². The molecule has 0 aliphatic rings. The number of methoxy groups -OCH3 is 1. The van der Waals surface area contributed by atoms with E-state index in [9.17, 15) is 4.79 Å². The van der Waals surface area contributed by atoms with E-state index in [0.29, 0.717) is 34.4 Å². The summed E-state index contributed by atoms with van der Waals surface area (Å²) in [5.41, 5.74) is 1.84. The number of carbonyl (C=O) groups excluding carboxylic acids is 1. The summed E-state index contributed by atoms with van der Waals surface area (Å²) >= 11 is 12.1. The van der Waals surface area contributed by atoms with E-state index in [4.69, 9.17) is 32.7 Å². The number of aryl methyl sites for hydroxylation is 1. The highest BCUT2D eigenvalue weighted by Crippen LogP contribution is 2.30. The minimum absolute atomic E-state index is 0.292. The fourth-order valence-corrected chi connectivity index (χ4v) is 2.64. The summed E-state index contributed by atoms with van der Waals surface area (Å²) in [5, 5.41) is 3.82. The average Bonchev–Trinajstić information content (AvgIpc) is 2.53. The van der Waals surface area contributed by atoms with Crippen LogP contribution in [-0.4, -0.2) is 26.2 Å². The van der Waals surface area contributed by atoms with Gasteiger partial charge >= 0.3 is 5.97 Å². The molecule has 23 heavy (non-hydrogen) atoms. The van der Waals surface area contributed by atoms with Crippen molar-refractivity contribution >= 4 is 34.9 Å². The first-order valence-electron chi connectivity index (χ1n) is 7.02. The van der Waals surface area contributed by atoms with E-state index in [1.807, 2.05) is 31.2 Å². The van der Waals surface area contributed by atoms with Gasteiger partial charge in [0, 0.05) is 11.6 Å². The van der Waals surface area contributed by atoms with Crippen LogP contribution in [0.3, 0.4) is 0 Å². The average molecular weight is 354 g/mol. The zero-order chi connectivity index (χ0) is 16.8. The standard InChI is InChI=1S/C17H17Cl2NO3/c1-11-5-3-4-6-15(11)23-8-7-20-16-13(17(21)22-2)9-12(18)10-14(16)19/h3-6,9-10,20H,7-8H2,1-2H3. The molecule has 2 rings (SSSR count). The van der Waals surface area contributed by atoms with Crippen molar-refractivity contribution in [2.24, 2.45) is 0 Å². The Morgan fingerprint density at radius 3 is 2.65 bits per heavy atom. The SMILES string of the molecule is COC(=O)c1cc(Cl)cc(Cl)c1NCCOc1ccccc1C. The molecular weight excluding hydrogens is 337 g/mol. The molecular formula is C17H17Cl2NO3. The summed E-state index contributed by atoms with van der Waals surface area (Å²) in [6.45, 7) is 2.87.